The van der Waals surface area contributed by atoms with Gasteiger partial charge in [0.05, 0.1) is 6.61 Å². The highest BCUT2D eigenvalue weighted by molar-refractivity contribution is 5.75. The second kappa shape index (κ2) is 8.36. The van der Waals surface area contributed by atoms with Gasteiger partial charge in [-0.3, -0.25) is 9.59 Å². The summed E-state index contributed by atoms with van der Waals surface area (Å²) >= 11 is 0. The maximum absolute atomic E-state index is 11.8. The third kappa shape index (κ3) is 6.37. The molecule has 1 aliphatic rings. The van der Waals surface area contributed by atoms with Crippen molar-refractivity contribution in [3.63, 3.8) is 0 Å². The molecule has 3 amide bonds. The largest absolute Gasteiger partial charge is 0.481 e. The zero-order valence-corrected chi connectivity index (χ0v) is 11.3. The summed E-state index contributed by atoms with van der Waals surface area (Å²) in [7, 11) is 0. The van der Waals surface area contributed by atoms with Gasteiger partial charge in [-0.05, 0) is 18.8 Å². The van der Waals surface area contributed by atoms with Crippen molar-refractivity contribution < 1.29 is 24.2 Å². The maximum Gasteiger partial charge on any atom is 0.317 e. The van der Waals surface area contributed by atoms with E-state index >= 15 is 0 Å². The van der Waals surface area contributed by atoms with Crippen LogP contribution in [0.25, 0.3) is 0 Å². The molecule has 4 N–H and O–H groups in total. The molecule has 1 rings (SSSR count). The van der Waals surface area contributed by atoms with Crippen LogP contribution in [0.4, 0.5) is 4.79 Å². The van der Waals surface area contributed by atoms with Gasteiger partial charge in [0.15, 0.2) is 0 Å². The van der Waals surface area contributed by atoms with Gasteiger partial charge in [-0.25, -0.2) is 4.79 Å². The normalized spacial score (nSPS) is 15.9. The number of likely N-dealkylation sites (tertiary alicyclic amines) is 1. The fourth-order valence-corrected chi connectivity index (χ4v) is 2.10. The second-order valence-electron chi connectivity index (χ2n) is 4.78. The second-order valence-corrected chi connectivity index (χ2v) is 4.78. The number of aliphatic carboxylic acids is 1. The van der Waals surface area contributed by atoms with E-state index < -0.39 is 11.9 Å². The third-order valence-electron chi connectivity index (χ3n) is 3.13. The number of rotatable bonds is 7. The summed E-state index contributed by atoms with van der Waals surface area (Å²) in [6.07, 6.45) is 1.58. The topological polar surface area (TPSA) is 122 Å². The van der Waals surface area contributed by atoms with Gasteiger partial charge >= 0.3 is 12.0 Å². The molecule has 0 bridgehead atoms. The quantitative estimate of drug-likeness (QED) is 0.539. The molecule has 0 spiro atoms. The van der Waals surface area contributed by atoms with Gasteiger partial charge in [-0.15, -0.1) is 0 Å². The summed E-state index contributed by atoms with van der Waals surface area (Å²) in [6.45, 7) is 1.50. The van der Waals surface area contributed by atoms with E-state index in [1.807, 2.05) is 0 Å². The molecule has 0 aliphatic carbocycles. The number of urea groups is 1. The molecule has 0 unspecified atom stereocenters. The zero-order valence-electron chi connectivity index (χ0n) is 11.3. The van der Waals surface area contributed by atoms with Crippen molar-refractivity contribution in [2.75, 3.05) is 32.8 Å². The number of carbonyl (C=O) groups is 3. The van der Waals surface area contributed by atoms with Crippen molar-refractivity contribution in [1.29, 1.82) is 0 Å². The number of ether oxygens (including phenoxy) is 1. The number of nitrogens with two attached hydrogens (primary N) is 1. The van der Waals surface area contributed by atoms with Crippen LogP contribution in [-0.4, -0.2) is 60.8 Å². The smallest absolute Gasteiger partial charge is 0.317 e. The first-order valence-electron chi connectivity index (χ1n) is 6.59. The Hall–Kier alpha value is -1.83. The number of nitrogens with one attached hydrogen (secondary N) is 1. The van der Waals surface area contributed by atoms with E-state index in [2.05, 4.69) is 5.32 Å². The van der Waals surface area contributed by atoms with Crippen LogP contribution < -0.4 is 11.1 Å². The van der Waals surface area contributed by atoms with Crippen molar-refractivity contribution in [2.24, 2.45) is 11.7 Å². The molecule has 8 nitrogen and oxygen atoms in total. The lowest BCUT2D eigenvalue weighted by Crippen LogP contribution is -2.45. The summed E-state index contributed by atoms with van der Waals surface area (Å²) in [5, 5.41) is 11.4. The Kier molecular flexibility index (Phi) is 6.78. The number of carbonyl (C=O) groups excluding carboxylic acids is 2. The highest BCUT2D eigenvalue weighted by Crippen LogP contribution is 2.20. The number of hydrogen-bond acceptors (Lipinski definition) is 4. The number of amides is 3. The predicted molar refractivity (Wildman–Crippen MR) is 70.0 cm³/mol. The Balaban J connectivity index is 2.13. The fraction of sp³-hybridized carbons (Fsp3) is 0.750. The van der Waals surface area contributed by atoms with Gasteiger partial charge in [0.2, 0.25) is 5.91 Å². The highest BCUT2D eigenvalue weighted by atomic mass is 16.5. The van der Waals surface area contributed by atoms with Crippen LogP contribution in [0.2, 0.25) is 0 Å². The standard InChI is InChI=1S/C12H21N3O5/c13-10(16)8-20-6-3-14-12(19)15-4-1-9(2-5-15)7-11(17)18/h9H,1-8H2,(H2,13,16)(H,14,19)(H,17,18). The molecule has 1 aliphatic heterocycles. The zero-order chi connectivity index (χ0) is 15.0. The molecule has 0 radical (unpaired) electrons. The molecule has 20 heavy (non-hydrogen) atoms. The van der Waals surface area contributed by atoms with Crippen molar-refractivity contribution in [2.45, 2.75) is 19.3 Å². The molecule has 1 fully saturated rings. The summed E-state index contributed by atoms with van der Waals surface area (Å²) in [6, 6.07) is -0.193. The third-order valence-corrected chi connectivity index (χ3v) is 3.13. The number of hydrogen-bond donors (Lipinski definition) is 3. The van der Waals surface area contributed by atoms with Crippen LogP contribution >= 0.6 is 0 Å². The Morgan fingerprint density at radius 2 is 1.95 bits per heavy atom. The van der Waals surface area contributed by atoms with Gasteiger partial charge in [-0.2, -0.15) is 0 Å². The van der Waals surface area contributed by atoms with Gasteiger partial charge in [0.1, 0.15) is 6.61 Å². The van der Waals surface area contributed by atoms with E-state index in [0.717, 1.165) is 0 Å². The van der Waals surface area contributed by atoms with Crippen LogP contribution in [-0.2, 0) is 14.3 Å². The van der Waals surface area contributed by atoms with Crippen molar-refractivity contribution in [1.82, 2.24) is 10.2 Å². The van der Waals surface area contributed by atoms with Crippen molar-refractivity contribution >= 4 is 17.9 Å². The highest BCUT2D eigenvalue weighted by Gasteiger charge is 2.23. The van der Waals surface area contributed by atoms with Crippen LogP contribution in [0, 0.1) is 5.92 Å². The number of primary amides is 1. The van der Waals surface area contributed by atoms with Crippen molar-refractivity contribution in [3.05, 3.63) is 0 Å². The van der Waals surface area contributed by atoms with Crippen LogP contribution in [0.3, 0.4) is 0 Å². The molecule has 8 heteroatoms. The Morgan fingerprint density at radius 1 is 1.30 bits per heavy atom. The van der Waals surface area contributed by atoms with Crippen molar-refractivity contribution in [3.8, 4) is 0 Å². The lowest BCUT2D eigenvalue weighted by molar-refractivity contribution is -0.138. The average Bonchev–Trinajstić information content (AvgIpc) is 2.38. The lowest BCUT2D eigenvalue weighted by Gasteiger charge is -2.31. The number of carboxylic acids is 1. The van der Waals surface area contributed by atoms with E-state index in [4.69, 9.17) is 15.6 Å². The van der Waals surface area contributed by atoms with E-state index in [1.165, 1.54) is 0 Å². The molecule has 114 valence electrons. The van der Waals surface area contributed by atoms with Crippen LogP contribution in [0.1, 0.15) is 19.3 Å². The summed E-state index contributed by atoms with van der Waals surface area (Å²) in [4.78, 5) is 34.4. The Morgan fingerprint density at radius 3 is 2.50 bits per heavy atom. The molecular weight excluding hydrogens is 266 g/mol. The Labute approximate surface area is 117 Å². The first kappa shape index (κ1) is 16.2. The molecule has 0 saturated carbocycles. The van der Waals surface area contributed by atoms with Crippen LogP contribution in [0.15, 0.2) is 0 Å². The predicted octanol–water partition coefficient (Wildman–Crippen LogP) is -0.615. The summed E-state index contributed by atoms with van der Waals surface area (Å²) < 4.78 is 4.92. The lowest BCUT2D eigenvalue weighted by atomic mass is 9.94. The molecule has 1 saturated heterocycles. The van der Waals surface area contributed by atoms with Gasteiger partial charge in [0, 0.05) is 26.1 Å². The number of nitrogens with zero attached hydrogens (tertiary/aromatic N) is 1. The van der Waals surface area contributed by atoms with E-state index in [1.54, 1.807) is 4.90 Å². The summed E-state index contributed by atoms with van der Waals surface area (Å²) in [5.74, 6) is -1.19. The van der Waals surface area contributed by atoms with Crippen LogP contribution in [0.5, 0.6) is 0 Å². The SMILES string of the molecule is NC(=O)COCCNC(=O)N1CCC(CC(=O)O)CC1. The first-order valence-corrected chi connectivity index (χ1v) is 6.59. The minimum absolute atomic E-state index is 0.149. The minimum Gasteiger partial charge on any atom is -0.481 e. The summed E-state index contributed by atoms with van der Waals surface area (Å²) in [5.41, 5.74) is 4.90. The molecule has 0 aromatic heterocycles. The van der Waals surface area contributed by atoms with Gasteiger partial charge < -0.3 is 25.8 Å². The minimum atomic E-state index is -0.792. The molecular formula is C12H21N3O5. The number of piperidine rings is 1. The molecule has 0 aromatic carbocycles. The van der Waals surface area contributed by atoms with Gasteiger partial charge in [-0.1, -0.05) is 0 Å². The van der Waals surface area contributed by atoms with E-state index in [9.17, 15) is 14.4 Å². The van der Waals surface area contributed by atoms with Gasteiger partial charge in [0.25, 0.3) is 0 Å². The molecule has 0 aromatic rings. The maximum atomic E-state index is 11.8. The van der Waals surface area contributed by atoms with E-state index in [0.29, 0.717) is 32.5 Å². The molecule has 0 atom stereocenters. The fourth-order valence-electron chi connectivity index (χ4n) is 2.10. The monoisotopic (exact) mass is 287 g/mol. The number of carboxylic acid groups (broad SMARTS) is 1. The Bertz CT molecular complexity index is 353. The molecule has 1 heterocycles. The average molecular weight is 287 g/mol. The first-order chi connectivity index (χ1) is 9.49. The van der Waals surface area contributed by atoms with E-state index in [-0.39, 0.29) is 31.6 Å².